The highest BCUT2D eigenvalue weighted by Gasteiger charge is 2.18. The van der Waals surface area contributed by atoms with Gasteiger partial charge in [-0.05, 0) is 66.7 Å². The Kier molecular flexibility index (Phi) is 6.62. The van der Waals surface area contributed by atoms with Gasteiger partial charge in [-0.15, -0.1) is 0 Å². The number of ether oxygens (including phenoxy) is 2. The Morgan fingerprint density at radius 1 is 0.636 bits per heavy atom. The molecule has 4 aromatic carbocycles. The second-order valence-corrected chi connectivity index (χ2v) is 9.56. The molecule has 0 aliphatic rings. The van der Waals surface area contributed by atoms with E-state index in [0.717, 1.165) is 0 Å². The fourth-order valence-corrected chi connectivity index (χ4v) is 4.42. The van der Waals surface area contributed by atoms with Crippen molar-refractivity contribution < 1.29 is 26.3 Å². The maximum Gasteiger partial charge on any atom is 0.262 e. The predicted octanol–water partition coefficient (Wildman–Crippen LogP) is 5.04. The molecule has 0 fully saturated rings. The quantitative estimate of drug-likeness (QED) is 0.342. The van der Waals surface area contributed by atoms with Gasteiger partial charge in [-0.25, -0.2) is 16.8 Å². The van der Waals surface area contributed by atoms with E-state index in [0.29, 0.717) is 17.2 Å². The summed E-state index contributed by atoms with van der Waals surface area (Å²) >= 11 is 0. The van der Waals surface area contributed by atoms with Crippen molar-refractivity contribution in [3.8, 4) is 23.0 Å². The largest absolute Gasteiger partial charge is 0.457 e. The Morgan fingerprint density at radius 3 is 1.76 bits per heavy atom. The summed E-state index contributed by atoms with van der Waals surface area (Å²) in [6.45, 7) is 0. The van der Waals surface area contributed by atoms with Crippen molar-refractivity contribution in [1.82, 2.24) is 0 Å². The Balaban J connectivity index is 1.60. The number of hydrogen-bond acceptors (Lipinski definition) is 6. The number of nitrogens with one attached hydrogen (secondary N) is 1. The van der Waals surface area contributed by atoms with Crippen molar-refractivity contribution in [2.45, 2.75) is 9.79 Å². The van der Waals surface area contributed by atoms with E-state index >= 15 is 0 Å². The first-order valence-electron chi connectivity index (χ1n) is 9.78. The lowest BCUT2D eigenvalue weighted by Crippen LogP contribution is -2.13. The normalized spacial score (nSPS) is 11.2. The van der Waals surface area contributed by atoms with Crippen molar-refractivity contribution in [3.05, 3.63) is 103 Å². The number of thiol groups is 1. The Labute approximate surface area is 193 Å². The third-order valence-corrected chi connectivity index (χ3v) is 6.58. The molecule has 7 nitrogen and oxygen atoms in total. The fraction of sp³-hybridized carbons (Fsp3) is 0. The number of para-hydroxylation sites is 2. The summed E-state index contributed by atoms with van der Waals surface area (Å²) in [7, 11) is -6.96. The van der Waals surface area contributed by atoms with Crippen molar-refractivity contribution in [1.29, 1.82) is 0 Å². The maximum absolute atomic E-state index is 13.0. The Hall–Kier alpha value is -3.82. The minimum atomic E-state index is -4.04. The first-order chi connectivity index (χ1) is 15.9. The van der Waals surface area contributed by atoms with Crippen LogP contribution >= 0.6 is 0 Å². The first kappa shape index (κ1) is 22.4. The molecular weight excluding hydrogens is 462 g/mol. The van der Waals surface area contributed by atoms with Crippen LogP contribution in [0.25, 0.3) is 0 Å². The summed E-state index contributed by atoms with van der Waals surface area (Å²) in [6.07, 6.45) is 0. The molecule has 0 saturated carbocycles. The topological polar surface area (TPSA) is 98.8 Å². The van der Waals surface area contributed by atoms with E-state index in [1.54, 1.807) is 36.4 Å². The molecule has 0 bridgehead atoms. The molecule has 168 valence electrons. The number of benzene rings is 4. The van der Waals surface area contributed by atoms with Crippen LogP contribution in [0.2, 0.25) is 0 Å². The second kappa shape index (κ2) is 9.76. The Morgan fingerprint density at radius 2 is 1.18 bits per heavy atom. The lowest BCUT2D eigenvalue weighted by atomic mass is 10.3. The zero-order valence-electron chi connectivity index (χ0n) is 17.1. The molecular formula is C24H19NO6S2. The van der Waals surface area contributed by atoms with Crippen LogP contribution in [0.15, 0.2) is 113 Å². The van der Waals surface area contributed by atoms with Gasteiger partial charge in [-0.1, -0.05) is 36.4 Å². The van der Waals surface area contributed by atoms with Crippen LogP contribution in [0.5, 0.6) is 23.0 Å². The average molecular weight is 482 g/mol. The van der Waals surface area contributed by atoms with Gasteiger partial charge in [-0.2, -0.15) is 0 Å². The third-order valence-electron chi connectivity index (χ3n) is 4.50. The number of rotatable bonds is 8. The first-order valence-corrected chi connectivity index (χ1v) is 12.4. The molecule has 33 heavy (non-hydrogen) atoms. The lowest BCUT2D eigenvalue weighted by Gasteiger charge is -2.14. The second-order valence-electron chi connectivity index (χ2n) is 6.84. The van der Waals surface area contributed by atoms with Gasteiger partial charge >= 0.3 is 0 Å². The molecule has 4 aromatic rings. The summed E-state index contributed by atoms with van der Waals surface area (Å²) in [6, 6.07) is 27.7. The molecule has 0 aliphatic heterocycles. The van der Waals surface area contributed by atoms with Gasteiger partial charge in [0.25, 0.3) is 10.0 Å². The smallest absolute Gasteiger partial charge is 0.262 e. The van der Waals surface area contributed by atoms with Crippen molar-refractivity contribution in [2.75, 3.05) is 4.72 Å². The molecule has 0 atom stereocenters. The predicted molar refractivity (Wildman–Crippen MR) is 125 cm³/mol. The lowest BCUT2D eigenvalue weighted by molar-refractivity contribution is 0.482. The van der Waals surface area contributed by atoms with Gasteiger partial charge in [0.05, 0.1) is 15.5 Å². The minimum absolute atomic E-state index is 0.000153. The molecule has 9 heteroatoms. The van der Waals surface area contributed by atoms with Gasteiger partial charge in [0.15, 0.2) is 16.5 Å². The van der Waals surface area contributed by atoms with Crippen molar-refractivity contribution >= 4 is 26.4 Å². The Bertz CT molecular complexity index is 1410. The van der Waals surface area contributed by atoms with Crippen LogP contribution in [0.3, 0.4) is 0 Å². The van der Waals surface area contributed by atoms with Crippen LogP contribution in [0.4, 0.5) is 5.69 Å². The van der Waals surface area contributed by atoms with Crippen LogP contribution < -0.4 is 14.2 Å². The highest BCUT2D eigenvalue weighted by Crippen LogP contribution is 2.33. The zero-order valence-corrected chi connectivity index (χ0v) is 18.8. The SMILES string of the molecule is O=[SH](=O)c1ccc(Oc2ccccc2)c(NS(=O)(=O)c2ccc(Oc3ccccc3)cc2)c1. The summed E-state index contributed by atoms with van der Waals surface area (Å²) in [5.74, 6) is 1.73. The van der Waals surface area contributed by atoms with E-state index in [1.807, 2.05) is 24.3 Å². The molecule has 0 spiro atoms. The van der Waals surface area contributed by atoms with E-state index in [1.165, 1.54) is 42.5 Å². The standard InChI is InChI=1S/C24H19NO6S2/c26-32(27)21-13-16-24(31-19-9-5-2-6-10-19)23(17-21)25-33(28,29)22-14-11-20(12-15-22)30-18-7-3-1-4-8-18/h1-17,25,32H. The molecule has 0 amide bonds. The van der Waals surface area contributed by atoms with Crippen LogP contribution in [-0.4, -0.2) is 16.8 Å². The number of sulfonamides is 1. The molecule has 0 unspecified atom stereocenters. The number of hydrogen-bond donors (Lipinski definition) is 2. The van der Waals surface area contributed by atoms with Crippen molar-refractivity contribution in [3.63, 3.8) is 0 Å². The van der Waals surface area contributed by atoms with Crippen LogP contribution in [-0.2, 0) is 20.7 Å². The van der Waals surface area contributed by atoms with E-state index in [9.17, 15) is 16.8 Å². The van der Waals surface area contributed by atoms with Crippen LogP contribution in [0.1, 0.15) is 0 Å². The third kappa shape index (κ3) is 5.71. The molecule has 4 rings (SSSR count). The minimum Gasteiger partial charge on any atom is -0.457 e. The van der Waals surface area contributed by atoms with Crippen LogP contribution in [0, 0.1) is 0 Å². The molecule has 0 radical (unpaired) electrons. The van der Waals surface area contributed by atoms with Gasteiger partial charge < -0.3 is 9.47 Å². The average Bonchev–Trinajstić information content (AvgIpc) is 2.81. The molecule has 1 N–H and O–H groups in total. The fourth-order valence-electron chi connectivity index (χ4n) is 2.93. The monoisotopic (exact) mass is 481 g/mol. The molecule has 0 aliphatic carbocycles. The zero-order chi connectivity index (χ0) is 23.3. The highest BCUT2D eigenvalue weighted by molar-refractivity contribution is 7.92. The van der Waals surface area contributed by atoms with Gasteiger partial charge in [0.1, 0.15) is 17.2 Å². The van der Waals surface area contributed by atoms with E-state index in [4.69, 9.17) is 9.47 Å². The van der Waals surface area contributed by atoms with Crippen molar-refractivity contribution in [2.24, 2.45) is 0 Å². The van der Waals surface area contributed by atoms with Gasteiger partial charge in [-0.3, -0.25) is 4.72 Å². The molecule has 0 heterocycles. The summed E-state index contributed by atoms with van der Waals surface area (Å²) in [5, 5.41) is 0. The molecule has 0 saturated heterocycles. The summed E-state index contributed by atoms with van der Waals surface area (Å²) in [5.41, 5.74) is 0.000153. The van der Waals surface area contributed by atoms with E-state index in [2.05, 4.69) is 4.72 Å². The molecule has 0 aromatic heterocycles. The summed E-state index contributed by atoms with van der Waals surface area (Å²) in [4.78, 5) is -0.0693. The van der Waals surface area contributed by atoms with Gasteiger partial charge in [0, 0.05) is 0 Å². The van der Waals surface area contributed by atoms with E-state index < -0.39 is 20.7 Å². The number of anilines is 1. The van der Waals surface area contributed by atoms with Gasteiger partial charge in [0.2, 0.25) is 0 Å². The summed E-state index contributed by atoms with van der Waals surface area (Å²) < 4.78 is 62.8. The maximum atomic E-state index is 13.0. The highest BCUT2D eigenvalue weighted by atomic mass is 32.2. The van der Waals surface area contributed by atoms with E-state index in [-0.39, 0.29) is 21.2 Å².